The van der Waals surface area contributed by atoms with Gasteiger partial charge >= 0.3 is 0 Å². The number of nitrogen functional groups attached to an aromatic ring is 1. The fourth-order valence-corrected chi connectivity index (χ4v) is 2.64. The van der Waals surface area contributed by atoms with Gasteiger partial charge in [0.05, 0.1) is 10.9 Å². The lowest BCUT2D eigenvalue weighted by Crippen LogP contribution is -2.17. The summed E-state index contributed by atoms with van der Waals surface area (Å²) in [6.45, 7) is 0. The molecule has 2 aromatic carbocycles. The van der Waals surface area contributed by atoms with Crippen molar-refractivity contribution < 1.29 is 4.79 Å². The summed E-state index contributed by atoms with van der Waals surface area (Å²) in [5.74, 6) is -0.344. The second kappa shape index (κ2) is 5.24. The van der Waals surface area contributed by atoms with Crippen molar-refractivity contribution in [1.82, 2.24) is 14.6 Å². The van der Waals surface area contributed by atoms with Crippen molar-refractivity contribution >= 4 is 34.0 Å². The fraction of sp³-hybridized carbons (Fsp3) is 0. The van der Waals surface area contributed by atoms with Gasteiger partial charge in [-0.05, 0) is 24.3 Å². The van der Waals surface area contributed by atoms with E-state index in [1.807, 2.05) is 18.2 Å². The van der Waals surface area contributed by atoms with Crippen LogP contribution in [-0.4, -0.2) is 20.5 Å². The van der Waals surface area contributed by atoms with Crippen LogP contribution in [0.5, 0.6) is 0 Å². The van der Waals surface area contributed by atoms with Crippen LogP contribution in [0.15, 0.2) is 59.4 Å². The minimum Gasteiger partial charge on any atom is -0.383 e. The number of hydrogen-bond donors (Lipinski definition) is 3. The Hall–Kier alpha value is -3.61. The number of nitrogens with zero attached hydrogens (tertiary/aromatic N) is 2. The first-order chi connectivity index (χ1) is 11.6. The molecule has 0 aliphatic heterocycles. The van der Waals surface area contributed by atoms with Crippen LogP contribution in [-0.2, 0) is 0 Å². The van der Waals surface area contributed by atoms with E-state index in [2.05, 4.69) is 15.4 Å². The molecule has 0 atom stereocenters. The summed E-state index contributed by atoms with van der Waals surface area (Å²) >= 11 is 0. The fourth-order valence-electron chi connectivity index (χ4n) is 2.64. The highest BCUT2D eigenvalue weighted by molar-refractivity contribution is 6.11. The molecule has 0 aliphatic carbocycles. The molecule has 1 amide bonds. The molecule has 0 bridgehead atoms. The monoisotopic (exact) mass is 319 g/mol. The number of carbonyl (C=O) groups is 1. The van der Waals surface area contributed by atoms with Gasteiger partial charge in [0.2, 0.25) is 0 Å². The number of amides is 1. The van der Waals surface area contributed by atoms with Crippen molar-refractivity contribution in [3.8, 4) is 0 Å². The molecular weight excluding hydrogens is 306 g/mol. The molecule has 0 fully saturated rings. The summed E-state index contributed by atoms with van der Waals surface area (Å²) in [6, 6.07) is 15.9. The third-order valence-corrected chi connectivity index (χ3v) is 3.76. The molecule has 24 heavy (non-hydrogen) atoms. The third kappa shape index (κ3) is 2.11. The molecule has 0 saturated carbocycles. The topological polar surface area (TPSA) is 105 Å². The van der Waals surface area contributed by atoms with Crippen molar-refractivity contribution in [2.45, 2.75) is 0 Å². The number of carbonyl (C=O) groups excluding carboxylic acids is 1. The summed E-state index contributed by atoms with van der Waals surface area (Å²) in [5, 5.41) is 5.91. The number of anilines is 2. The van der Waals surface area contributed by atoms with Crippen molar-refractivity contribution in [1.29, 1.82) is 0 Å². The number of hydrogen-bond acceptors (Lipinski definition) is 4. The highest BCUT2D eigenvalue weighted by Crippen LogP contribution is 2.19. The van der Waals surface area contributed by atoms with E-state index in [0.29, 0.717) is 16.6 Å². The van der Waals surface area contributed by atoms with Crippen LogP contribution < -0.4 is 16.6 Å². The minimum atomic E-state index is -0.431. The number of nitrogens with two attached hydrogens (primary N) is 1. The van der Waals surface area contributed by atoms with Crippen molar-refractivity contribution in [3.63, 3.8) is 0 Å². The number of H-pyrrole nitrogens is 1. The van der Waals surface area contributed by atoms with E-state index in [4.69, 9.17) is 5.73 Å². The highest BCUT2D eigenvalue weighted by atomic mass is 16.2. The van der Waals surface area contributed by atoms with E-state index in [1.54, 1.807) is 36.4 Å². The van der Waals surface area contributed by atoms with E-state index in [0.717, 1.165) is 0 Å². The zero-order valence-electron chi connectivity index (χ0n) is 12.5. The molecule has 0 saturated heterocycles. The number of aromatic amines is 1. The number of nitrogens with one attached hydrogen (secondary N) is 2. The van der Waals surface area contributed by atoms with Gasteiger partial charge in [-0.1, -0.05) is 30.3 Å². The van der Waals surface area contributed by atoms with Gasteiger partial charge in [-0.2, -0.15) is 4.52 Å². The maximum absolute atomic E-state index is 12.6. The first-order valence-corrected chi connectivity index (χ1v) is 7.30. The SMILES string of the molecule is Nc1[nH]n2c(=O)c3ccccc3nc2c1C(=O)Nc1ccccc1. The molecule has 0 unspecified atom stereocenters. The normalized spacial score (nSPS) is 11.0. The summed E-state index contributed by atoms with van der Waals surface area (Å²) in [5.41, 5.74) is 7.10. The van der Waals surface area contributed by atoms with E-state index in [9.17, 15) is 9.59 Å². The quantitative estimate of drug-likeness (QED) is 0.525. The average molecular weight is 319 g/mol. The number of benzene rings is 2. The molecule has 7 heteroatoms. The number of aromatic nitrogens is 3. The average Bonchev–Trinajstić information content (AvgIpc) is 2.92. The van der Waals surface area contributed by atoms with Crippen LogP contribution in [0, 0.1) is 0 Å². The Morgan fingerprint density at radius 1 is 1.08 bits per heavy atom. The van der Waals surface area contributed by atoms with Gasteiger partial charge in [-0.25, -0.2) is 4.98 Å². The molecule has 4 N–H and O–H groups in total. The Labute approximate surface area is 135 Å². The molecule has 4 rings (SSSR count). The number of rotatable bonds is 2. The molecule has 0 spiro atoms. The van der Waals surface area contributed by atoms with Crippen LogP contribution in [0.4, 0.5) is 11.5 Å². The Morgan fingerprint density at radius 3 is 2.58 bits per heavy atom. The molecule has 4 aromatic rings. The van der Waals surface area contributed by atoms with Crippen LogP contribution in [0.1, 0.15) is 10.4 Å². The van der Waals surface area contributed by atoms with Crippen LogP contribution >= 0.6 is 0 Å². The second-order valence-electron chi connectivity index (χ2n) is 5.31. The predicted octanol–water partition coefficient (Wildman–Crippen LogP) is 2.01. The molecule has 0 radical (unpaired) electrons. The maximum Gasteiger partial charge on any atom is 0.280 e. The molecule has 2 heterocycles. The van der Waals surface area contributed by atoms with Crippen LogP contribution in [0.3, 0.4) is 0 Å². The van der Waals surface area contributed by atoms with Gasteiger partial charge in [0.25, 0.3) is 11.5 Å². The lowest BCUT2D eigenvalue weighted by atomic mass is 10.2. The summed E-state index contributed by atoms with van der Waals surface area (Å²) in [7, 11) is 0. The lowest BCUT2D eigenvalue weighted by Gasteiger charge is -2.04. The first-order valence-electron chi connectivity index (χ1n) is 7.30. The van der Waals surface area contributed by atoms with E-state index < -0.39 is 5.91 Å². The Bertz CT molecular complexity index is 1130. The van der Waals surface area contributed by atoms with E-state index >= 15 is 0 Å². The first kappa shape index (κ1) is 14.0. The van der Waals surface area contributed by atoms with Crippen molar-refractivity contribution in [2.24, 2.45) is 0 Å². The molecule has 118 valence electrons. The summed E-state index contributed by atoms with van der Waals surface area (Å²) in [4.78, 5) is 29.5. The standard InChI is InChI=1S/C17H13N5O2/c18-14-13(16(23)19-10-6-2-1-3-7-10)15-20-12-9-5-4-8-11(12)17(24)22(15)21-14/h1-9,21H,18H2,(H,19,23). The summed E-state index contributed by atoms with van der Waals surface area (Å²) in [6.07, 6.45) is 0. The van der Waals surface area contributed by atoms with Gasteiger partial charge < -0.3 is 11.1 Å². The van der Waals surface area contributed by atoms with Crippen molar-refractivity contribution in [3.05, 3.63) is 70.5 Å². The Kier molecular flexibility index (Phi) is 3.06. The van der Waals surface area contributed by atoms with Gasteiger partial charge in [0, 0.05) is 5.69 Å². The molecule has 2 aromatic heterocycles. The van der Waals surface area contributed by atoms with Gasteiger partial charge in [-0.15, -0.1) is 0 Å². The molecule has 7 nitrogen and oxygen atoms in total. The van der Waals surface area contributed by atoms with Crippen LogP contribution in [0.25, 0.3) is 16.6 Å². The van der Waals surface area contributed by atoms with Crippen LogP contribution in [0.2, 0.25) is 0 Å². The zero-order valence-corrected chi connectivity index (χ0v) is 12.5. The largest absolute Gasteiger partial charge is 0.383 e. The second-order valence-corrected chi connectivity index (χ2v) is 5.31. The summed E-state index contributed by atoms with van der Waals surface area (Å²) < 4.78 is 1.19. The number of fused-ring (bicyclic) bond motifs is 2. The number of para-hydroxylation sites is 2. The molecule has 0 aliphatic rings. The highest BCUT2D eigenvalue weighted by Gasteiger charge is 2.20. The smallest absolute Gasteiger partial charge is 0.280 e. The van der Waals surface area contributed by atoms with Gasteiger partial charge in [0.1, 0.15) is 11.4 Å². The van der Waals surface area contributed by atoms with E-state index in [1.165, 1.54) is 4.52 Å². The van der Waals surface area contributed by atoms with E-state index in [-0.39, 0.29) is 22.6 Å². The molecular formula is C17H13N5O2. The van der Waals surface area contributed by atoms with Gasteiger partial charge in [-0.3, -0.25) is 14.7 Å². The maximum atomic E-state index is 12.6. The minimum absolute atomic E-state index is 0.0864. The zero-order chi connectivity index (χ0) is 16.7. The lowest BCUT2D eigenvalue weighted by molar-refractivity contribution is 0.102. The Morgan fingerprint density at radius 2 is 1.79 bits per heavy atom. The predicted molar refractivity (Wildman–Crippen MR) is 92.1 cm³/mol. The Balaban J connectivity index is 1.91. The third-order valence-electron chi connectivity index (χ3n) is 3.76. The van der Waals surface area contributed by atoms with Gasteiger partial charge in [0.15, 0.2) is 5.65 Å². The van der Waals surface area contributed by atoms with Crippen molar-refractivity contribution in [2.75, 3.05) is 11.1 Å².